The van der Waals surface area contributed by atoms with E-state index in [0.29, 0.717) is 5.69 Å². The predicted octanol–water partition coefficient (Wildman–Crippen LogP) is 2.03. The van der Waals surface area contributed by atoms with Gasteiger partial charge in [0.05, 0.1) is 4.92 Å². The molecule has 2 rings (SSSR count). The summed E-state index contributed by atoms with van der Waals surface area (Å²) in [4.78, 5) is 29.2. The smallest absolute Gasteiger partial charge is 0.308 e. The Morgan fingerprint density at radius 3 is 2.32 bits per heavy atom. The van der Waals surface area contributed by atoms with Gasteiger partial charge in [-0.05, 0) is 18.2 Å². The lowest BCUT2D eigenvalue weighted by molar-refractivity contribution is -0.384. The van der Waals surface area contributed by atoms with Gasteiger partial charge in [-0.2, -0.15) is 0 Å². The van der Waals surface area contributed by atoms with Crippen LogP contribution in [0, 0.1) is 10.1 Å². The molecule has 19 heavy (non-hydrogen) atoms. The van der Waals surface area contributed by atoms with Crippen molar-refractivity contribution in [2.24, 2.45) is 0 Å². The SMILES string of the molecule is O=C(Nc1ccc([N+](=O)[O-])cc1)Nc1ncccn1. The van der Waals surface area contributed by atoms with Crippen molar-refractivity contribution in [3.8, 4) is 0 Å². The number of anilines is 2. The zero-order valence-electron chi connectivity index (χ0n) is 9.61. The second-order valence-electron chi connectivity index (χ2n) is 3.46. The van der Waals surface area contributed by atoms with Gasteiger partial charge in [-0.25, -0.2) is 14.8 Å². The highest BCUT2D eigenvalue weighted by molar-refractivity contribution is 5.98. The van der Waals surface area contributed by atoms with E-state index < -0.39 is 11.0 Å². The van der Waals surface area contributed by atoms with Gasteiger partial charge < -0.3 is 5.32 Å². The summed E-state index contributed by atoms with van der Waals surface area (Å²) in [5.41, 5.74) is 0.386. The van der Waals surface area contributed by atoms with E-state index in [0.717, 1.165) is 0 Å². The summed E-state index contributed by atoms with van der Waals surface area (Å²) in [5.74, 6) is 0.168. The number of nitrogens with zero attached hydrogens (tertiary/aromatic N) is 3. The molecular formula is C11H9N5O3. The minimum Gasteiger partial charge on any atom is -0.308 e. The molecule has 0 radical (unpaired) electrons. The average molecular weight is 259 g/mol. The maximum Gasteiger partial charge on any atom is 0.326 e. The summed E-state index contributed by atoms with van der Waals surface area (Å²) < 4.78 is 0. The highest BCUT2D eigenvalue weighted by Gasteiger charge is 2.07. The topological polar surface area (TPSA) is 110 Å². The Kier molecular flexibility index (Phi) is 3.62. The van der Waals surface area contributed by atoms with E-state index in [1.54, 1.807) is 6.07 Å². The molecule has 0 spiro atoms. The van der Waals surface area contributed by atoms with Gasteiger partial charge in [0.25, 0.3) is 5.69 Å². The van der Waals surface area contributed by atoms with Gasteiger partial charge in [-0.3, -0.25) is 15.4 Å². The van der Waals surface area contributed by atoms with Crippen LogP contribution in [-0.4, -0.2) is 20.9 Å². The molecule has 2 N–H and O–H groups in total. The quantitative estimate of drug-likeness (QED) is 0.647. The molecule has 0 aliphatic rings. The molecule has 0 bridgehead atoms. The van der Waals surface area contributed by atoms with Gasteiger partial charge >= 0.3 is 6.03 Å². The van der Waals surface area contributed by atoms with Crippen LogP contribution in [0.2, 0.25) is 0 Å². The van der Waals surface area contributed by atoms with Crippen LogP contribution in [0.5, 0.6) is 0 Å². The number of nitrogens with one attached hydrogen (secondary N) is 2. The third-order valence-corrected chi connectivity index (χ3v) is 2.13. The zero-order valence-corrected chi connectivity index (χ0v) is 9.61. The molecule has 0 unspecified atom stereocenters. The van der Waals surface area contributed by atoms with Crippen molar-refractivity contribution in [1.82, 2.24) is 9.97 Å². The first-order valence-electron chi connectivity index (χ1n) is 5.24. The number of nitro benzene ring substituents is 1. The number of aromatic nitrogens is 2. The molecule has 0 saturated carbocycles. The molecule has 2 amide bonds. The minimum atomic E-state index is -0.528. The van der Waals surface area contributed by atoms with E-state index in [4.69, 9.17) is 0 Å². The molecule has 1 heterocycles. The third kappa shape index (κ3) is 3.46. The van der Waals surface area contributed by atoms with E-state index in [-0.39, 0.29) is 11.6 Å². The van der Waals surface area contributed by atoms with Gasteiger partial charge in [-0.15, -0.1) is 0 Å². The zero-order chi connectivity index (χ0) is 13.7. The lowest BCUT2D eigenvalue weighted by Crippen LogP contribution is -2.20. The molecule has 8 nitrogen and oxygen atoms in total. The normalized spacial score (nSPS) is 9.68. The number of urea groups is 1. The molecular weight excluding hydrogens is 250 g/mol. The summed E-state index contributed by atoms with van der Waals surface area (Å²) in [5, 5.41) is 15.4. The highest BCUT2D eigenvalue weighted by atomic mass is 16.6. The number of carbonyl (C=O) groups excluding carboxylic acids is 1. The van der Waals surface area contributed by atoms with E-state index in [9.17, 15) is 14.9 Å². The number of non-ortho nitro benzene ring substituents is 1. The van der Waals surface area contributed by atoms with Crippen molar-refractivity contribution in [3.05, 3.63) is 52.8 Å². The second kappa shape index (κ2) is 5.54. The van der Waals surface area contributed by atoms with Crippen molar-refractivity contribution in [2.45, 2.75) is 0 Å². The summed E-state index contributed by atoms with van der Waals surface area (Å²) in [6.07, 6.45) is 2.99. The van der Waals surface area contributed by atoms with Crippen molar-refractivity contribution in [2.75, 3.05) is 10.6 Å². The summed E-state index contributed by atoms with van der Waals surface area (Å²) >= 11 is 0. The van der Waals surface area contributed by atoms with E-state index in [1.165, 1.54) is 36.7 Å². The number of nitro groups is 1. The van der Waals surface area contributed by atoms with Crippen LogP contribution in [0.15, 0.2) is 42.7 Å². The summed E-state index contributed by atoms with van der Waals surface area (Å²) in [6.45, 7) is 0. The fourth-order valence-electron chi connectivity index (χ4n) is 1.29. The van der Waals surface area contributed by atoms with E-state index >= 15 is 0 Å². The molecule has 2 aromatic rings. The number of benzene rings is 1. The Bertz CT molecular complexity index is 585. The molecule has 0 atom stereocenters. The van der Waals surface area contributed by atoms with Crippen LogP contribution in [-0.2, 0) is 0 Å². The van der Waals surface area contributed by atoms with Gasteiger partial charge in [0.15, 0.2) is 0 Å². The number of carbonyl (C=O) groups is 1. The molecule has 0 fully saturated rings. The standard InChI is InChI=1S/C11H9N5O3/c17-11(15-10-12-6-1-7-13-10)14-8-2-4-9(5-3-8)16(18)19/h1-7H,(H2,12,13,14,15,17). The number of amides is 2. The molecule has 8 heteroatoms. The third-order valence-electron chi connectivity index (χ3n) is 2.13. The molecule has 0 aliphatic heterocycles. The Balaban J connectivity index is 1.97. The van der Waals surface area contributed by atoms with Crippen LogP contribution in [0.3, 0.4) is 0 Å². The molecule has 96 valence electrons. The first-order chi connectivity index (χ1) is 9.15. The summed E-state index contributed by atoms with van der Waals surface area (Å²) in [7, 11) is 0. The van der Waals surface area contributed by atoms with E-state index in [1.807, 2.05) is 0 Å². The Morgan fingerprint density at radius 2 is 1.74 bits per heavy atom. The Labute approximate surface area is 107 Å². The van der Waals surface area contributed by atoms with Crippen LogP contribution >= 0.6 is 0 Å². The number of rotatable bonds is 3. The van der Waals surface area contributed by atoms with Gasteiger partial charge in [-0.1, -0.05) is 0 Å². The minimum absolute atomic E-state index is 0.0441. The van der Waals surface area contributed by atoms with Crippen LogP contribution in [0.25, 0.3) is 0 Å². The van der Waals surface area contributed by atoms with Crippen molar-refractivity contribution < 1.29 is 9.72 Å². The summed E-state index contributed by atoms with van der Waals surface area (Å²) in [6, 6.07) is 6.57. The van der Waals surface area contributed by atoms with Crippen LogP contribution < -0.4 is 10.6 Å². The number of hydrogen-bond acceptors (Lipinski definition) is 5. The highest BCUT2D eigenvalue weighted by Crippen LogP contribution is 2.15. The fourth-order valence-corrected chi connectivity index (χ4v) is 1.29. The lowest BCUT2D eigenvalue weighted by atomic mass is 10.3. The second-order valence-corrected chi connectivity index (χ2v) is 3.46. The fraction of sp³-hybridized carbons (Fsp3) is 0. The first kappa shape index (κ1) is 12.4. The van der Waals surface area contributed by atoms with Gasteiger partial charge in [0, 0.05) is 30.2 Å². The Hall–Kier alpha value is -3.03. The lowest BCUT2D eigenvalue weighted by Gasteiger charge is -2.05. The molecule has 1 aromatic heterocycles. The van der Waals surface area contributed by atoms with Gasteiger partial charge in [0.2, 0.25) is 5.95 Å². The maximum atomic E-state index is 11.6. The van der Waals surface area contributed by atoms with Crippen LogP contribution in [0.4, 0.5) is 22.1 Å². The van der Waals surface area contributed by atoms with E-state index in [2.05, 4.69) is 20.6 Å². The average Bonchev–Trinajstić information content (AvgIpc) is 2.40. The molecule has 1 aromatic carbocycles. The maximum absolute atomic E-state index is 11.6. The first-order valence-corrected chi connectivity index (χ1v) is 5.24. The monoisotopic (exact) mass is 259 g/mol. The van der Waals surface area contributed by atoms with Crippen molar-refractivity contribution >= 4 is 23.4 Å². The van der Waals surface area contributed by atoms with Crippen molar-refractivity contribution in [3.63, 3.8) is 0 Å². The predicted molar refractivity (Wildman–Crippen MR) is 67.8 cm³/mol. The molecule has 0 saturated heterocycles. The molecule has 0 aliphatic carbocycles. The van der Waals surface area contributed by atoms with Gasteiger partial charge in [0.1, 0.15) is 0 Å². The van der Waals surface area contributed by atoms with Crippen molar-refractivity contribution in [1.29, 1.82) is 0 Å². The largest absolute Gasteiger partial charge is 0.326 e. The Morgan fingerprint density at radius 1 is 1.11 bits per heavy atom. The number of hydrogen-bond donors (Lipinski definition) is 2. The van der Waals surface area contributed by atoms with Crippen LogP contribution in [0.1, 0.15) is 0 Å².